The lowest BCUT2D eigenvalue weighted by molar-refractivity contribution is 0.0828. The first-order valence-corrected chi connectivity index (χ1v) is 6.26. The predicted octanol–water partition coefficient (Wildman–Crippen LogP) is 2.09. The van der Waals surface area contributed by atoms with Crippen LogP contribution in [0.1, 0.15) is 10.4 Å². The summed E-state index contributed by atoms with van der Waals surface area (Å²) in [5.74, 6) is -0.375. The van der Waals surface area contributed by atoms with E-state index in [4.69, 9.17) is 0 Å². The van der Waals surface area contributed by atoms with Crippen LogP contribution in [0.25, 0.3) is 11.4 Å². The molecule has 0 atom stereocenters. The number of amides is 1. The van der Waals surface area contributed by atoms with Crippen LogP contribution < -0.4 is 0 Å². The molecule has 1 aromatic carbocycles. The number of aryl methyl sites for hydroxylation is 1. The first-order valence-electron chi connectivity index (χ1n) is 5.47. The van der Waals surface area contributed by atoms with Gasteiger partial charge in [0.2, 0.25) is 0 Å². The highest BCUT2D eigenvalue weighted by Gasteiger charge is 2.19. The van der Waals surface area contributed by atoms with Crippen molar-refractivity contribution in [2.45, 2.75) is 0 Å². The number of nitrogens with zero attached hydrogens (tertiary/aromatic N) is 4. The van der Waals surface area contributed by atoms with Crippen LogP contribution in [0.2, 0.25) is 0 Å². The minimum atomic E-state index is -0.460. The van der Waals surface area contributed by atoms with Crippen LogP contribution in [0.4, 0.5) is 4.39 Å². The number of benzene rings is 1. The van der Waals surface area contributed by atoms with Gasteiger partial charge in [-0.15, -0.1) is 0 Å². The molecule has 0 spiro atoms. The molecule has 1 amide bonds. The van der Waals surface area contributed by atoms with Crippen molar-refractivity contribution in [1.82, 2.24) is 19.7 Å². The van der Waals surface area contributed by atoms with Gasteiger partial charge in [0.15, 0.2) is 5.82 Å². The second kappa shape index (κ2) is 5.08. The number of hydrogen-bond acceptors (Lipinski definition) is 3. The van der Waals surface area contributed by atoms with Gasteiger partial charge in [0.05, 0.1) is 10.0 Å². The molecule has 0 saturated carbocycles. The first-order chi connectivity index (χ1) is 8.90. The molecule has 0 N–H and O–H groups in total. The lowest BCUT2D eigenvalue weighted by Crippen LogP contribution is -2.22. The standard InChI is InChI=1S/C12H12BrFN4O/c1-17(2)12(19)8-4-9(13)10(14)5-7(8)11-15-6-18(3)16-11/h4-6H,1-3H3. The summed E-state index contributed by atoms with van der Waals surface area (Å²) in [7, 11) is 4.98. The number of halogens is 2. The molecule has 7 heteroatoms. The lowest BCUT2D eigenvalue weighted by atomic mass is 10.1. The fourth-order valence-electron chi connectivity index (χ4n) is 1.61. The Bertz CT molecular complexity index is 639. The predicted molar refractivity (Wildman–Crippen MR) is 72.1 cm³/mol. The minimum absolute atomic E-state index is 0.233. The SMILES string of the molecule is CN(C)C(=O)c1cc(Br)c(F)cc1-c1ncn(C)n1. The Balaban J connectivity index is 2.64. The summed E-state index contributed by atoms with van der Waals surface area (Å²) in [5.41, 5.74) is 0.726. The molecule has 0 radical (unpaired) electrons. The van der Waals surface area contributed by atoms with Crippen LogP contribution in [-0.2, 0) is 7.05 Å². The lowest BCUT2D eigenvalue weighted by Gasteiger charge is -2.13. The maximum Gasteiger partial charge on any atom is 0.254 e. The second-order valence-corrected chi connectivity index (χ2v) is 5.11. The van der Waals surface area contributed by atoms with Crippen molar-refractivity contribution < 1.29 is 9.18 Å². The average Bonchev–Trinajstić information content (AvgIpc) is 2.77. The van der Waals surface area contributed by atoms with E-state index in [1.807, 2.05) is 0 Å². The van der Waals surface area contributed by atoms with Gasteiger partial charge in [0.1, 0.15) is 12.1 Å². The van der Waals surface area contributed by atoms with Gasteiger partial charge in [-0.25, -0.2) is 9.37 Å². The quantitative estimate of drug-likeness (QED) is 0.849. The minimum Gasteiger partial charge on any atom is -0.345 e. The number of rotatable bonds is 2. The summed E-state index contributed by atoms with van der Waals surface area (Å²) in [6, 6.07) is 2.71. The van der Waals surface area contributed by atoms with E-state index >= 15 is 0 Å². The van der Waals surface area contributed by atoms with E-state index in [1.54, 1.807) is 21.1 Å². The molecule has 0 aliphatic heterocycles. The van der Waals surface area contributed by atoms with Crippen molar-refractivity contribution in [3.63, 3.8) is 0 Å². The van der Waals surface area contributed by atoms with Crippen molar-refractivity contribution in [2.75, 3.05) is 14.1 Å². The summed E-state index contributed by atoms with van der Waals surface area (Å²) in [4.78, 5) is 17.6. The molecule has 1 aromatic heterocycles. The van der Waals surface area contributed by atoms with Crippen LogP contribution in [0.5, 0.6) is 0 Å². The van der Waals surface area contributed by atoms with E-state index in [0.717, 1.165) is 0 Å². The van der Waals surface area contributed by atoms with Gasteiger partial charge < -0.3 is 4.90 Å². The number of carbonyl (C=O) groups excluding carboxylic acids is 1. The van der Waals surface area contributed by atoms with Gasteiger partial charge in [-0.3, -0.25) is 9.48 Å². The molecule has 19 heavy (non-hydrogen) atoms. The van der Waals surface area contributed by atoms with Crippen LogP contribution in [0.3, 0.4) is 0 Å². The van der Waals surface area contributed by atoms with Crippen LogP contribution in [-0.4, -0.2) is 39.7 Å². The molecular weight excluding hydrogens is 315 g/mol. The molecular formula is C12H12BrFN4O. The molecule has 0 aliphatic carbocycles. The first kappa shape index (κ1) is 13.7. The normalized spacial score (nSPS) is 10.6. The second-order valence-electron chi connectivity index (χ2n) is 4.25. The van der Waals surface area contributed by atoms with E-state index < -0.39 is 5.82 Å². The molecule has 1 heterocycles. The molecule has 0 aliphatic rings. The highest BCUT2D eigenvalue weighted by Crippen LogP contribution is 2.27. The van der Waals surface area contributed by atoms with Gasteiger partial charge in [-0.1, -0.05) is 0 Å². The highest BCUT2D eigenvalue weighted by molar-refractivity contribution is 9.10. The maximum absolute atomic E-state index is 13.7. The Labute approximate surface area is 118 Å². The number of carbonyl (C=O) groups is 1. The Hall–Kier alpha value is -1.76. The van der Waals surface area contributed by atoms with Gasteiger partial charge in [0.25, 0.3) is 5.91 Å². The smallest absolute Gasteiger partial charge is 0.254 e. The summed E-state index contributed by atoms with van der Waals surface area (Å²) < 4.78 is 15.4. The maximum atomic E-state index is 13.7. The van der Waals surface area contributed by atoms with Crippen molar-refractivity contribution in [3.8, 4) is 11.4 Å². The van der Waals surface area contributed by atoms with Crippen LogP contribution in [0.15, 0.2) is 22.9 Å². The van der Waals surface area contributed by atoms with E-state index in [2.05, 4.69) is 26.0 Å². The molecule has 0 unspecified atom stereocenters. The summed E-state index contributed by atoms with van der Waals surface area (Å²) in [5, 5.41) is 4.11. The number of hydrogen-bond donors (Lipinski definition) is 0. The Kier molecular flexibility index (Phi) is 3.66. The van der Waals surface area contributed by atoms with Gasteiger partial charge in [-0.05, 0) is 28.1 Å². The van der Waals surface area contributed by atoms with E-state index in [1.165, 1.54) is 28.0 Å². The fraction of sp³-hybridized carbons (Fsp3) is 0.250. The zero-order valence-corrected chi connectivity index (χ0v) is 12.3. The summed E-state index contributed by atoms with van der Waals surface area (Å²) in [6.07, 6.45) is 1.50. The topological polar surface area (TPSA) is 51.0 Å². The third kappa shape index (κ3) is 2.65. The van der Waals surface area contributed by atoms with E-state index in [-0.39, 0.29) is 10.4 Å². The van der Waals surface area contributed by atoms with Crippen LogP contribution >= 0.6 is 15.9 Å². The van der Waals surface area contributed by atoms with Crippen molar-refractivity contribution in [3.05, 3.63) is 34.3 Å². The Morgan fingerprint density at radius 2 is 2.11 bits per heavy atom. The van der Waals surface area contributed by atoms with Gasteiger partial charge >= 0.3 is 0 Å². The summed E-state index contributed by atoms with van der Waals surface area (Å²) in [6.45, 7) is 0. The fourth-order valence-corrected chi connectivity index (χ4v) is 1.96. The van der Waals surface area contributed by atoms with Crippen molar-refractivity contribution >= 4 is 21.8 Å². The van der Waals surface area contributed by atoms with Gasteiger partial charge in [0, 0.05) is 26.7 Å². The van der Waals surface area contributed by atoms with Crippen molar-refractivity contribution in [2.24, 2.45) is 7.05 Å². The van der Waals surface area contributed by atoms with Crippen molar-refractivity contribution in [1.29, 1.82) is 0 Å². The molecule has 2 rings (SSSR count). The third-order valence-corrected chi connectivity index (χ3v) is 3.15. The zero-order chi connectivity index (χ0) is 14.2. The largest absolute Gasteiger partial charge is 0.345 e. The highest BCUT2D eigenvalue weighted by atomic mass is 79.9. The Morgan fingerprint density at radius 1 is 1.42 bits per heavy atom. The monoisotopic (exact) mass is 326 g/mol. The molecule has 0 bridgehead atoms. The number of aromatic nitrogens is 3. The molecule has 0 saturated heterocycles. The average molecular weight is 327 g/mol. The Morgan fingerprint density at radius 3 is 2.63 bits per heavy atom. The van der Waals surface area contributed by atoms with E-state index in [9.17, 15) is 9.18 Å². The van der Waals surface area contributed by atoms with E-state index in [0.29, 0.717) is 17.0 Å². The third-order valence-electron chi connectivity index (χ3n) is 2.54. The molecule has 0 fully saturated rings. The summed E-state index contributed by atoms with van der Waals surface area (Å²) >= 11 is 3.08. The van der Waals surface area contributed by atoms with Gasteiger partial charge in [-0.2, -0.15) is 5.10 Å². The molecule has 5 nitrogen and oxygen atoms in total. The zero-order valence-electron chi connectivity index (χ0n) is 10.7. The molecule has 100 valence electrons. The molecule has 2 aromatic rings. The van der Waals surface area contributed by atoms with Crippen LogP contribution in [0, 0.1) is 5.82 Å².